The van der Waals surface area contributed by atoms with Gasteiger partial charge in [-0.25, -0.2) is 9.18 Å². The van der Waals surface area contributed by atoms with Crippen molar-refractivity contribution in [1.29, 1.82) is 0 Å². The Morgan fingerprint density at radius 3 is 2.75 bits per heavy atom. The van der Waals surface area contributed by atoms with Crippen LogP contribution in [0.15, 0.2) is 24.3 Å². The first kappa shape index (κ1) is 17.9. The molecule has 1 aromatic rings. The van der Waals surface area contributed by atoms with Crippen LogP contribution < -0.4 is 10.2 Å². The fourth-order valence-corrected chi connectivity index (χ4v) is 2.74. The Balaban J connectivity index is 2.03. The standard InChI is InChI=1S/C17H21FN2O4/c1-2-3-7-13(17(23)24)19-16(22)11-9-15(21)20(10-11)14-8-5-4-6-12(14)18/h4-6,8,11,13H,2-3,7,9-10H2,1H3,(H,19,22)(H,23,24). The van der Waals surface area contributed by atoms with Gasteiger partial charge >= 0.3 is 5.97 Å². The van der Waals surface area contributed by atoms with E-state index < -0.39 is 29.7 Å². The summed E-state index contributed by atoms with van der Waals surface area (Å²) in [6.07, 6.45) is 1.79. The van der Waals surface area contributed by atoms with E-state index in [4.69, 9.17) is 5.11 Å². The maximum absolute atomic E-state index is 13.8. The minimum Gasteiger partial charge on any atom is -0.480 e. The second-order valence-electron chi connectivity index (χ2n) is 5.90. The third-order valence-corrected chi connectivity index (χ3v) is 4.10. The minimum atomic E-state index is -1.09. The first-order chi connectivity index (χ1) is 11.4. The number of nitrogens with one attached hydrogen (secondary N) is 1. The van der Waals surface area contributed by atoms with E-state index >= 15 is 0 Å². The molecule has 1 fully saturated rings. The molecule has 2 rings (SSSR count). The van der Waals surface area contributed by atoms with Gasteiger partial charge in [0.25, 0.3) is 0 Å². The molecule has 0 bridgehead atoms. The summed E-state index contributed by atoms with van der Waals surface area (Å²) in [7, 11) is 0. The van der Waals surface area contributed by atoms with Crippen molar-refractivity contribution >= 4 is 23.5 Å². The number of aliphatic carboxylic acids is 1. The number of carbonyl (C=O) groups excluding carboxylic acids is 2. The molecule has 24 heavy (non-hydrogen) atoms. The number of unbranched alkanes of at least 4 members (excludes halogenated alkanes) is 1. The van der Waals surface area contributed by atoms with E-state index in [-0.39, 0.29) is 24.6 Å². The van der Waals surface area contributed by atoms with Gasteiger partial charge in [0.15, 0.2) is 0 Å². The van der Waals surface area contributed by atoms with Crippen molar-refractivity contribution in [3.63, 3.8) is 0 Å². The summed E-state index contributed by atoms with van der Waals surface area (Å²) < 4.78 is 13.8. The van der Waals surface area contributed by atoms with Crippen molar-refractivity contribution in [3.05, 3.63) is 30.1 Å². The molecule has 0 spiro atoms. The average molecular weight is 336 g/mol. The zero-order chi connectivity index (χ0) is 17.7. The molecule has 2 unspecified atom stereocenters. The summed E-state index contributed by atoms with van der Waals surface area (Å²) in [4.78, 5) is 36.8. The molecular weight excluding hydrogens is 315 g/mol. The van der Waals surface area contributed by atoms with Crippen LogP contribution in [0.1, 0.15) is 32.6 Å². The zero-order valence-corrected chi connectivity index (χ0v) is 13.5. The Morgan fingerprint density at radius 2 is 2.12 bits per heavy atom. The number of hydrogen-bond donors (Lipinski definition) is 2. The highest BCUT2D eigenvalue weighted by Crippen LogP contribution is 2.27. The lowest BCUT2D eigenvalue weighted by Crippen LogP contribution is -2.44. The molecule has 1 aliphatic heterocycles. The number of benzene rings is 1. The van der Waals surface area contributed by atoms with E-state index in [9.17, 15) is 18.8 Å². The summed E-state index contributed by atoms with van der Waals surface area (Å²) in [5, 5.41) is 11.7. The predicted octanol–water partition coefficient (Wildman–Crippen LogP) is 1.94. The van der Waals surface area contributed by atoms with Crippen LogP contribution in [0.25, 0.3) is 0 Å². The summed E-state index contributed by atoms with van der Waals surface area (Å²) in [6.45, 7) is 1.98. The highest BCUT2D eigenvalue weighted by molar-refractivity contribution is 6.00. The van der Waals surface area contributed by atoms with Gasteiger partial charge in [-0.2, -0.15) is 0 Å². The number of rotatable bonds is 7. The van der Waals surface area contributed by atoms with Crippen molar-refractivity contribution in [2.24, 2.45) is 5.92 Å². The average Bonchev–Trinajstić information content (AvgIpc) is 2.93. The number of carboxylic acid groups (broad SMARTS) is 1. The quantitative estimate of drug-likeness (QED) is 0.797. The van der Waals surface area contributed by atoms with Crippen LogP contribution in [0.4, 0.5) is 10.1 Å². The Hall–Kier alpha value is -2.44. The van der Waals surface area contributed by atoms with Crippen LogP contribution in [0.3, 0.4) is 0 Å². The van der Waals surface area contributed by atoms with Crippen molar-refractivity contribution in [1.82, 2.24) is 5.32 Å². The fraction of sp³-hybridized carbons (Fsp3) is 0.471. The SMILES string of the molecule is CCCCC(NC(=O)C1CC(=O)N(c2ccccc2F)C1)C(=O)O. The van der Waals surface area contributed by atoms with E-state index in [2.05, 4.69) is 5.32 Å². The Kier molecular flexibility index (Phi) is 5.89. The Bertz CT molecular complexity index is 635. The number of halogens is 1. The zero-order valence-electron chi connectivity index (χ0n) is 13.5. The molecule has 0 aromatic heterocycles. The highest BCUT2D eigenvalue weighted by atomic mass is 19.1. The molecule has 2 amide bonds. The van der Waals surface area contributed by atoms with Crippen molar-refractivity contribution in [2.45, 2.75) is 38.6 Å². The molecular formula is C17H21FN2O4. The van der Waals surface area contributed by atoms with Crippen LogP contribution in [-0.4, -0.2) is 35.5 Å². The number of carboxylic acids is 1. The van der Waals surface area contributed by atoms with Crippen molar-refractivity contribution in [2.75, 3.05) is 11.4 Å². The summed E-state index contributed by atoms with van der Waals surface area (Å²) >= 11 is 0. The largest absolute Gasteiger partial charge is 0.480 e. The van der Waals surface area contributed by atoms with Gasteiger partial charge in [0.1, 0.15) is 11.9 Å². The van der Waals surface area contributed by atoms with E-state index in [0.717, 1.165) is 6.42 Å². The molecule has 0 radical (unpaired) electrons. The lowest BCUT2D eigenvalue weighted by molar-refractivity contribution is -0.142. The maximum Gasteiger partial charge on any atom is 0.326 e. The normalized spacial score (nSPS) is 18.5. The van der Waals surface area contributed by atoms with Gasteiger partial charge < -0.3 is 15.3 Å². The lowest BCUT2D eigenvalue weighted by Gasteiger charge is -2.19. The van der Waals surface area contributed by atoms with Crippen molar-refractivity contribution < 1.29 is 23.9 Å². The van der Waals surface area contributed by atoms with E-state index in [1.165, 1.54) is 23.1 Å². The summed E-state index contributed by atoms with van der Waals surface area (Å²) in [5.74, 6) is -3.13. The minimum absolute atomic E-state index is 0.0473. The van der Waals surface area contributed by atoms with Gasteiger partial charge in [0, 0.05) is 13.0 Å². The van der Waals surface area contributed by atoms with Gasteiger partial charge in [0.05, 0.1) is 11.6 Å². The predicted molar refractivity (Wildman–Crippen MR) is 86.0 cm³/mol. The highest BCUT2D eigenvalue weighted by Gasteiger charge is 2.37. The van der Waals surface area contributed by atoms with Crippen LogP contribution in [0, 0.1) is 11.7 Å². The number of anilines is 1. The maximum atomic E-state index is 13.8. The van der Waals surface area contributed by atoms with Gasteiger partial charge in [-0.15, -0.1) is 0 Å². The molecule has 1 heterocycles. The van der Waals surface area contributed by atoms with Crippen molar-refractivity contribution in [3.8, 4) is 0 Å². The van der Waals surface area contributed by atoms with Crippen LogP contribution in [-0.2, 0) is 14.4 Å². The molecule has 130 valence electrons. The number of nitrogens with zero attached hydrogens (tertiary/aromatic N) is 1. The van der Waals surface area contributed by atoms with Crippen LogP contribution >= 0.6 is 0 Å². The van der Waals surface area contributed by atoms with E-state index in [0.29, 0.717) is 12.8 Å². The number of hydrogen-bond acceptors (Lipinski definition) is 3. The third-order valence-electron chi connectivity index (χ3n) is 4.10. The topological polar surface area (TPSA) is 86.7 Å². The van der Waals surface area contributed by atoms with Gasteiger partial charge in [-0.1, -0.05) is 31.9 Å². The molecule has 0 saturated carbocycles. The molecule has 1 saturated heterocycles. The summed E-state index contributed by atoms with van der Waals surface area (Å²) in [5.41, 5.74) is 0.138. The smallest absolute Gasteiger partial charge is 0.326 e. The first-order valence-electron chi connectivity index (χ1n) is 8.02. The van der Waals surface area contributed by atoms with Gasteiger partial charge in [0.2, 0.25) is 11.8 Å². The number of para-hydroxylation sites is 1. The van der Waals surface area contributed by atoms with Gasteiger partial charge in [-0.3, -0.25) is 9.59 Å². The van der Waals surface area contributed by atoms with Gasteiger partial charge in [-0.05, 0) is 18.6 Å². The first-order valence-corrected chi connectivity index (χ1v) is 8.02. The third kappa shape index (κ3) is 4.10. The molecule has 0 aliphatic carbocycles. The molecule has 1 aromatic carbocycles. The van der Waals surface area contributed by atoms with E-state index in [1.807, 2.05) is 6.92 Å². The second kappa shape index (κ2) is 7.90. The van der Waals surface area contributed by atoms with Crippen LogP contribution in [0.2, 0.25) is 0 Å². The van der Waals surface area contributed by atoms with Crippen LogP contribution in [0.5, 0.6) is 0 Å². The molecule has 1 aliphatic rings. The Morgan fingerprint density at radius 1 is 1.42 bits per heavy atom. The monoisotopic (exact) mass is 336 g/mol. The molecule has 6 nitrogen and oxygen atoms in total. The van der Waals surface area contributed by atoms with E-state index in [1.54, 1.807) is 6.07 Å². The number of amides is 2. The summed E-state index contributed by atoms with van der Waals surface area (Å²) in [6, 6.07) is 4.91. The number of carbonyl (C=O) groups is 3. The Labute approximate surface area is 139 Å². The lowest BCUT2D eigenvalue weighted by atomic mass is 10.1. The second-order valence-corrected chi connectivity index (χ2v) is 5.90. The molecule has 2 N–H and O–H groups in total. The fourth-order valence-electron chi connectivity index (χ4n) is 2.74. The molecule has 2 atom stereocenters. The molecule has 7 heteroatoms.